The molecule has 4 atom stereocenters. The summed E-state index contributed by atoms with van der Waals surface area (Å²) in [4.78, 5) is 10.7. The first kappa shape index (κ1) is 7.10. The first-order valence-corrected chi connectivity index (χ1v) is 4.18. The van der Waals surface area contributed by atoms with Crippen molar-refractivity contribution >= 4 is 5.97 Å². The average Bonchev–Trinajstić information content (AvgIpc) is 2.44. The number of carbonyl (C=O) groups is 1. The van der Waals surface area contributed by atoms with Crippen LogP contribution in [0.1, 0.15) is 19.3 Å². The van der Waals surface area contributed by atoms with E-state index in [9.17, 15) is 4.79 Å². The maximum absolute atomic E-state index is 10.7. The van der Waals surface area contributed by atoms with E-state index in [1.165, 1.54) is 0 Å². The van der Waals surface area contributed by atoms with E-state index in [2.05, 4.69) is 0 Å². The summed E-state index contributed by atoms with van der Waals surface area (Å²) in [5.74, 6) is -0.0490. The van der Waals surface area contributed by atoms with Crippen LogP contribution in [0.3, 0.4) is 0 Å². The maximum Gasteiger partial charge on any atom is 0.308 e. The molecular formula is C8H13NO2. The van der Waals surface area contributed by atoms with E-state index in [0.29, 0.717) is 11.8 Å². The van der Waals surface area contributed by atoms with Gasteiger partial charge in [-0.1, -0.05) is 0 Å². The first-order chi connectivity index (χ1) is 5.20. The lowest BCUT2D eigenvalue weighted by molar-refractivity contribution is -0.144. The minimum atomic E-state index is -0.690. The predicted molar refractivity (Wildman–Crippen MR) is 39.9 cm³/mol. The lowest BCUT2D eigenvalue weighted by atomic mass is 9.85. The van der Waals surface area contributed by atoms with E-state index < -0.39 is 5.97 Å². The molecule has 0 heterocycles. The summed E-state index contributed by atoms with van der Waals surface area (Å²) >= 11 is 0. The van der Waals surface area contributed by atoms with E-state index in [0.717, 1.165) is 19.3 Å². The standard InChI is InChI=1S/C8H13NO2/c9-7-5-2-1-4(3-5)6(7)8(10)11/h4-7H,1-3,9H2,(H,10,11)/t4?,5-,6-,7+/m1/s1. The summed E-state index contributed by atoms with van der Waals surface area (Å²) in [6, 6.07) is -0.0637. The Kier molecular flexibility index (Phi) is 1.42. The van der Waals surface area contributed by atoms with Crippen molar-refractivity contribution in [1.29, 1.82) is 0 Å². The summed E-state index contributed by atoms with van der Waals surface area (Å²) in [6.07, 6.45) is 3.28. The molecule has 3 N–H and O–H groups in total. The van der Waals surface area contributed by atoms with Crippen molar-refractivity contribution in [2.45, 2.75) is 25.3 Å². The molecule has 3 nitrogen and oxygen atoms in total. The Labute approximate surface area is 65.6 Å². The highest BCUT2D eigenvalue weighted by Gasteiger charge is 2.49. The molecule has 11 heavy (non-hydrogen) atoms. The number of nitrogens with two attached hydrogens (primary N) is 1. The van der Waals surface area contributed by atoms with Crippen LogP contribution in [0.25, 0.3) is 0 Å². The minimum absolute atomic E-state index is 0.0637. The third kappa shape index (κ3) is 0.872. The van der Waals surface area contributed by atoms with Gasteiger partial charge in [0.05, 0.1) is 5.92 Å². The second-order valence-electron chi connectivity index (χ2n) is 3.77. The van der Waals surface area contributed by atoms with Crippen LogP contribution in [0.2, 0.25) is 0 Å². The van der Waals surface area contributed by atoms with E-state index in [1.807, 2.05) is 0 Å². The summed E-state index contributed by atoms with van der Waals surface area (Å²) in [6.45, 7) is 0. The first-order valence-electron chi connectivity index (χ1n) is 4.18. The number of hydrogen-bond acceptors (Lipinski definition) is 2. The van der Waals surface area contributed by atoms with Crippen molar-refractivity contribution in [3.05, 3.63) is 0 Å². The van der Waals surface area contributed by atoms with Gasteiger partial charge >= 0.3 is 5.97 Å². The number of hydrogen-bond donors (Lipinski definition) is 2. The van der Waals surface area contributed by atoms with Gasteiger partial charge in [-0.05, 0) is 31.1 Å². The van der Waals surface area contributed by atoms with Crippen molar-refractivity contribution in [3.8, 4) is 0 Å². The smallest absolute Gasteiger partial charge is 0.308 e. The van der Waals surface area contributed by atoms with Crippen LogP contribution < -0.4 is 5.73 Å². The molecule has 2 bridgehead atoms. The molecule has 0 saturated heterocycles. The van der Waals surface area contributed by atoms with E-state index in [1.54, 1.807) is 0 Å². The van der Waals surface area contributed by atoms with E-state index in [4.69, 9.17) is 10.8 Å². The van der Waals surface area contributed by atoms with Gasteiger partial charge in [-0.25, -0.2) is 0 Å². The third-order valence-corrected chi connectivity index (χ3v) is 3.27. The van der Waals surface area contributed by atoms with Gasteiger partial charge in [0.15, 0.2) is 0 Å². The van der Waals surface area contributed by atoms with Crippen molar-refractivity contribution in [2.24, 2.45) is 23.5 Å². The Bertz CT molecular complexity index is 191. The summed E-state index contributed by atoms with van der Waals surface area (Å²) in [5, 5.41) is 8.83. The summed E-state index contributed by atoms with van der Waals surface area (Å²) in [5.41, 5.74) is 5.78. The van der Waals surface area contributed by atoms with Gasteiger partial charge in [-0.3, -0.25) is 4.79 Å². The van der Waals surface area contributed by atoms with Gasteiger partial charge < -0.3 is 10.8 Å². The van der Waals surface area contributed by atoms with E-state index >= 15 is 0 Å². The number of fused-ring (bicyclic) bond motifs is 2. The SMILES string of the molecule is N[C@H]1[C@@H]2CCC(C2)[C@H]1C(=O)O. The normalized spacial score (nSPS) is 48.1. The quantitative estimate of drug-likeness (QED) is 0.577. The van der Waals surface area contributed by atoms with Crippen LogP contribution >= 0.6 is 0 Å². The zero-order valence-corrected chi connectivity index (χ0v) is 6.36. The molecule has 0 aromatic carbocycles. The van der Waals surface area contributed by atoms with Crippen LogP contribution in [0.15, 0.2) is 0 Å². The van der Waals surface area contributed by atoms with Crippen LogP contribution in [0.4, 0.5) is 0 Å². The fourth-order valence-electron chi connectivity index (χ4n) is 2.70. The molecule has 2 fully saturated rings. The monoisotopic (exact) mass is 155 g/mol. The van der Waals surface area contributed by atoms with Gasteiger partial charge in [0, 0.05) is 6.04 Å². The fourth-order valence-corrected chi connectivity index (χ4v) is 2.70. The Hall–Kier alpha value is -0.570. The number of aliphatic carboxylic acids is 1. The maximum atomic E-state index is 10.7. The number of rotatable bonds is 1. The molecule has 0 aromatic rings. The Morgan fingerprint density at radius 1 is 1.36 bits per heavy atom. The molecule has 2 aliphatic rings. The highest BCUT2D eigenvalue weighted by Crippen LogP contribution is 2.47. The van der Waals surface area contributed by atoms with Crippen molar-refractivity contribution < 1.29 is 9.90 Å². The Morgan fingerprint density at radius 3 is 2.36 bits per heavy atom. The number of carboxylic acids is 1. The third-order valence-electron chi connectivity index (χ3n) is 3.27. The Balaban J connectivity index is 2.17. The molecule has 3 heteroatoms. The molecule has 2 aliphatic carbocycles. The summed E-state index contributed by atoms with van der Waals surface area (Å²) < 4.78 is 0. The molecule has 1 unspecified atom stereocenters. The predicted octanol–water partition coefficient (Wildman–Crippen LogP) is 0.444. The molecule has 62 valence electrons. The second kappa shape index (κ2) is 2.21. The molecule has 0 amide bonds. The van der Waals surface area contributed by atoms with Crippen molar-refractivity contribution in [1.82, 2.24) is 0 Å². The molecule has 0 radical (unpaired) electrons. The Morgan fingerprint density at radius 2 is 2.00 bits per heavy atom. The molecule has 0 aromatic heterocycles. The lowest BCUT2D eigenvalue weighted by Gasteiger charge is -2.23. The highest BCUT2D eigenvalue weighted by molar-refractivity contribution is 5.72. The van der Waals surface area contributed by atoms with E-state index in [-0.39, 0.29) is 12.0 Å². The van der Waals surface area contributed by atoms with Crippen molar-refractivity contribution in [3.63, 3.8) is 0 Å². The summed E-state index contributed by atoms with van der Waals surface area (Å²) in [7, 11) is 0. The molecule has 0 spiro atoms. The largest absolute Gasteiger partial charge is 0.481 e. The van der Waals surface area contributed by atoms with Crippen LogP contribution in [-0.4, -0.2) is 17.1 Å². The molecule has 0 aliphatic heterocycles. The van der Waals surface area contributed by atoms with Gasteiger partial charge in [0.2, 0.25) is 0 Å². The van der Waals surface area contributed by atoms with Crippen molar-refractivity contribution in [2.75, 3.05) is 0 Å². The average molecular weight is 155 g/mol. The zero-order valence-electron chi connectivity index (χ0n) is 6.36. The van der Waals surface area contributed by atoms with Gasteiger partial charge in [-0.15, -0.1) is 0 Å². The number of carboxylic acid groups (broad SMARTS) is 1. The fraction of sp³-hybridized carbons (Fsp3) is 0.875. The van der Waals surface area contributed by atoms with Crippen LogP contribution in [-0.2, 0) is 4.79 Å². The molecular weight excluding hydrogens is 142 g/mol. The topological polar surface area (TPSA) is 63.3 Å². The minimum Gasteiger partial charge on any atom is -0.481 e. The van der Waals surface area contributed by atoms with Crippen LogP contribution in [0, 0.1) is 17.8 Å². The highest BCUT2D eigenvalue weighted by atomic mass is 16.4. The molecule has 2 saturated carbocycles. The zero-order chi connectivity index (χ0) is 8.01. The van der Waals surface area contributed by atoms with Gasteiger partial charge in [0.25, 0.3) is 0 Å². The van der Waals surface area contributed by atoms with Crippen LogP contribution in [0.5, 0.6) is 0 Å². The van der Waals surface area contributed by atoms with Gasteiger partial charge in [0.1, 0.15) is 0 Å². The second-order valence-corrected chi connectivity index (χ2v) is 3.77. The van der Waals surface area contributed by atoms with Gasteiger partial charge in [-0.2, -0.15) is 0 Å². The molecule has 2 rings (SSSR count). The lowest BCUT2D eigenvalue weighted by Crippen LogP contribution is -2.40.